The maximum Gasteiger partial charge on any atom is 0.296 e. The maximum absolute atomic E-state index is 13.0. The zero-order valence-corrected chi connectivity index (χ0v) is 24.8. The van der Waals surface area contributed by atoms with Gasteiger partial charge in [-0.05, 0) is 56.4 Å². The molecular weight excluding hydrogens is 520 g/mol. The number of hydrogen-bond donors (Lipinski definition) is 5. The molecule has 3 saturated carbocycles. The summed E-state index contributed by atoms with van der Waals surface area (Å²) < 4.78 is 6.34. The lowest BCUT2D eigenvalue weighted by Crippen LogP contribution is -3.19. The third-order valence-corrected chi connectivity index (χ3v) is 11.9. The molecule has 8 unspecified atom stereocenters. The highest BCUT2D eigenvalue weighted by molar-refractivity contribution is 5.90. The fourth-order valence-electron chi connectivity index (χ4n) is 10.5. The molecule has 41 heavy (non-hydrogen) atoms. The molecule has 6 rings (SSSR count). The lowest BCUT2D eigenvalue weighted by atomic mass is 9.43. The van der Waals surface area contributed by atoms with Crippen LogP contribution in [0.2, 0.25) is 0 Å². The van der Waals surface area contributed by atoms with Crippen LogP contribution >= 0.6 is 0 Å². The standard InChI is InChI=1S/C32H48N4O5/c1-21-15-22-7-6-11-35-29(33-2)36-13-10-23(17-34-12-14-37)32(19-36)25(22)16-26-27(28(38)39)30(40,18-31(21,26)32)20-41-24-8-4-3-5-9-24/h21-25,34,37,40H,3-5,8-20H2,1-2H3,(H,33,35)(H,38,39). The number of rotatable bonds is 8. The van der Waals surface area contributed by atoms with Gasteiger partial charge in [0.2, 0.25) is 0 Å². The van der Waals surface area contributed by atoms with Gasteiger partial charge in [-0.3, -0.25) is 4.90 Å². The van der Waals surface area contributed by atoms with Gasteiger partial charge in [0.15, 0.2) is 0 Å². The first kappa shape index (κ1) is 29.1. The molecule has 0 amide bonds. The number of hydrogen-bond acceptors (Lipinski definition) is 7. The van der Waals surface area contributed by atoms with E-state index in [-0.39, 0.29) is 54.0 Å². The number of carboxylic acids is 1. The Balaban J connectivity index is 1.49. The molecule has 0 aromatic carbocycles. The molecule has 2 aliphatic heterocycles. The number of fused-ring (bicyclic) bond motifs is 1. The summed E-state index contributed by atoms with van der Waals surface area (Å²) in [5, 5.41) is 41.9. The van der Waals surface area contributed by atoms with Crippen LogP contribution in [-0.4, -0.2) is 86.8 Å². The predicted molar refractivity (Wildman–Crippen MR) is 153 cm³/mol. The Morgan fingerprint density at radius 3 is 2.83 bits per heavy atom. The van der Waals surface area contributed by atoms with Crippen molar-refractivity contribution < 1.29 is 29.8 Å². The number of allylic oxidation sites excluding steroid dienone is 1. The zero-order valence-electron chi connectivity index (χ0n) is 24.8. The summed E-state index contributed by atoms with van der Waals surface area (Å²) in [6.45, 7) is 5.91. The topological polar surface area (TPSA) is 131 Å². The van der Waals surface area contributed by atoms with E-state index >= 15 is 0 Å². The number of nitrogens with zero attached hydrogens (tertiary/aromatic N) is 1. The Labute approximate surface area is 244 Å². The molecule has 9 nitrogen and oxygen atoms in total. The highest BCUT2D eigenvalue weighted by Crippen LogP contribution is 2.77. The fourth-order valence-corrected chi connectivity index (χ4v) is 10.5. The van der Waals surface area contributed by atoms with E-state index in [9.17, 15) is 20.1 Å². The van der Waals surface area contributed by atoms with Crippen LogP contribution in [0.25, 0.3) is 0 Å². The van der Waals surface area contributed by atoms with Crippen LogP contribution in [0.1, 0.15) is 64.7 Å². The van der Waals surface area contributed by atoms with Crippen molar-refractivity contribution in [2.24, 2.45) is 39.5 Å². The van der Waals surface area contributed by atoms with Crippen LogP contribution in [0.4, 0.5) is 0 Å². The molecular formula is C32H48N4O5. The number of carbonyl (C=O) groups is 1. The van der Waals surface area contributed by atoms with Gasteiger partial charge in [0.25, 0.3) is 5.96 Å². The smallest absolute Gasteiger partial charge is 0.296 e. The summed E-state index contributed by atoms with van der Waals surface area (Å²) in [6, 6.07) is 0. The highest BCUT2D eigenvalue weighted by atomic mass is 16.5. The van der Waals surface area contributed by atoms with Crippen LogP contribution in [0.15, 0.2) is 16.1 Å². The van der Waals surface area contributed by atoms with Gasteiger partial charge in [-0.1, -0.05) is 43.6 Å². The fraction of sp³-hybridized carbons (Fsp3) is 0.812. The van der Waals surface area contributed by atoms with Crippen molar-refractivity contribution in [2.75, 3.05) is 53.0 Å². The van der Waals surface area contributed by atoms with E-state index in [1.54, 1.807) is 0 Å². The lowest BCUT2D eigenvalue weighted by Gasteiger charge is -2.62. The molecule has 8 atom stereocenters. The van der Waals surface area contributed by atoms with E-state index < -0.39 is 17.0 Å². The molecule has 9 heteroatoms. The van der Waals surface area contributed by atoms with Crippen LogP contribution in [-0.2, 0) is 9.53 Å². The van der Waals surface area contributed by atoms with Crippen molar-refractivity contribution in [1.29, 1.82) is 0 Å². The number of carbonyl (C=O) groups excluding carboxylic acids is 1. The second kappa shape index (κ2) is 11.3. The van der Waals surface area contributed by atoms with Gasteiger partial charge in [-0.2, -0.15) is 0 Å². The lowest BCUT2D eigenvalue weighted by molar-refractivity contribution is -0.830. The molecule has 5 N–H and O–H groups in total. The predicted octanol–water partition coefficient (Wildman–Crippen LogP) is -0.755. The third-order valence-electron chi connectivity index (χ3n) is 11.9. The number of nitrogens with one attached hydrogen (secondary N) is 3. The Bertz CT molecular complexity index is 1150. The number of quaternary nitrogens is 1. The normalized spacial score (nSPS) is 42.8. The van der Waals surface area contributed by atoms with Gasteiger partial charge in [0.05, 0.1) is 44.9 Å². The molecule has 0 aromatic rings. The summed E-state index contributed by atoms with van der Waals surface area (Å²) in [5.41, 5.74) is -1.36. The van der Waals surface area contributed by atoms with Crippen LogP contribution < -0.4 is 20.6 Å². The monoisotopic (exact) mass is 568 g/mol. The van der Waals surface area contributed by atoms with E-state index in [1.165, 1.54) is 11.3 Å². The number of ether oxygens (including phenoxy) is 1. The van der Waals surface area contributed by atoms with E-state index in [4.69, 9.17) is 4.74 Å². The van der Waals surface area contributed by atoms with Crippen LogP contribution in [0.3, 0.4) is 0 Å². The first-order valence-electron chi connectivity index (χ1n) is 16.0. The molecule has 0 aromatic heterocycles. The van der Waals surface area contributed by atoms with Gasteiger partial charge >= 0.3 is 0 Å². The Morgan fingerprint density at radius 1 is 1.29 bits per heavy atom. The van der Waals surface area contributed by atoms with Crippen LogP contribution in [0.5, 0.6) is 0 Å². The quantitative estimate of drug-likeness (QED) is 0.192. The summed E-state index contributed by atoms with van der Waals surface area (Å²) >= 11 is 0. The van der Waals surface area contributed by atoms with E-state index in [1.807, 2.05) is 7.05 Å². The number of carboxylic acid groups (broad SMARTS) is 1. The molecule has 0 radical (unpaired) electrons. The number of aliphatic carboxylic acids is 1. The molecule has 1 saturated heterocycles. The second-order valence-electron chi connectivity index (χ2n) is 13.7. The van der Waals surface area contributed by atoms with Crippen molar-refractivity contribution in [1.82, 2.24) is 10.6 Å². The summed E-state index contributed by atoms with van der Waals surface area (Å²) in [6.07, 6.45) is 8.26. The minimum absolute atomic E-state index is 0.0101. The Morgan fingerprint density at radius 2 is 2.10 bits per heavy atom. The molecule has 4 aliphatic carbocycles. The SMILES string of the molecule is CN=C1NCC#CC2CC(C)C34CC(O)(COC5CCCCC5)C(C(=O)[O-])=C3CC2C42C[NH+]1CCC2CNCCO. The Kier molecular flexibility index (Phi) is 8.01. The number of aliphatic hydroxyl groups is 2. The number of aliphatic imine (C=N–C) groups is 1. The van der Waals surface area contributed by atoms with Crippen molar-refractivity contribution in [3.8, 4) is 11.8 Å². The third kappa shape index (κ3) is 4.48. The van der Waals surface area contributed by atoms with Gasteiger partial charge in [0.1, 0.15) is 5.60 Å². The summed E-state index contributed by atoms with van der Waals surface area (Å²) in [4.78, 5) is 18.9. The first-order valence-corrected chi connectivity index (χ1v) is 16.0. The molecule has 2 spiro atoms. The van der Waals surface area contributed by atoms with Crippen molar-refractivity contribution in [2.45, 2.75) is 76.4 Å². The minimum atomic E-state index is -1.58. The molecule has 2 heterocycles. The van der Waals surface area contributed by atoms with Gasteiger partial charge < -0.3 is 35.5 Å². The van der Waals surface area contributed by atoms with Crippen LogP contribution in [0, 0.1) is 46.3 Å². The average molecular weight is 569 g/mol. The molecule has 6 aliphatic rings. The molecule has 226 valence electrons. The van der Waals surface area contributed by atoms with Crippen molar-refractivity contribution in [3.05, 3.63) is 11.1 Å². The largest absolute Gasteiger partial charge is 0.545 e. The molecule has 5 bridgehead atoms. The van der Waals surface area contributed by atoms with E-state index in [2.05, 4.69) is 34.4 Å². The maximum atomic E-state index is 13.0. The zero-order chi connectivity index (χ0) is 28.8. The van der Waals surface area contributed by atoms with Gasteiger partial charge in [0, 0.05) is 42.3 Å². The van der Waals surface area contributed by atoms with E-state index in [0.29, 0.717) is 25.9 Å². The minimum Gasteiger partial charge on any atom is -0.545 e. The molecule has 4 fully saturated rings. The van der Waals surface area contributed by atoms with E-state index in [0.717, 1.165) is 69.7 Å². The average Bonchev–Trinajstić information content (AvgIpc) is 3.33. The number of aliphatic hydroxyl groups excluding tert-OH is 1. The summed E-state index contributed by atoms with van der Waals surface area (Å²) in [5.74, 6) is 7.39. The number of piperidine rings is 1. The van der Waals surface area contributed by atoms with Gasteiger partial charge in [-0.15, -0.1) is 0 Å². The highest BCUT2D eigenvalue weighted by Gasteiger charge is 2.77. The van der Waals surface area contributed by atoms with Crippen molar-refractivity contribution in [3.63, 3.8) is 0 Å². The van der Waals surface area contributed by atoms with Crippen molar-refractivity contribution >= 4 is 11.9 Å². The summed E-state index contributed by atoms with van der Waals surface area (Å²) in [7, 11) is 1.83. The second-order valence-corrected chi connectivity index (χ2v) is 13.7. The Hall–Kier alpha value is -1.96. The first-order chi connectivity index (χ1) is 19.8. The van der Waals surface area contributed by atoms with Gasteiger partial charge in [-0.25, -0.2) is 4.99 Å². The number of guanidine groups is 1.